The highest BCUT2D eigenvalue weighted by Crippen LogP contribution is 2.24. The summed E-state index contributed by atoms with van der Waals surface area (Å²) in [6.45, 7) is 0.391. The second-order valence-corrected chi connectivity index (χ2v) is 6.20. The van der Waals surface area contributed by atoms with Crippen LogP contribution in [0.25, 0.3) is 11.0 Å². The first-order valence-corrected chi connectivity index (χ1v) is 8.72. The summed E-state index contributed by atoms with van der Waals surface area (Å²) in [4.78, 5) is 21.1. The standard InChI is InChI=1S/C20H17ClN4O2/c1-27-14-8-6-13(7-9-14)10-11-23-20(26)15(12-22)18-19(21)25-17-5-3-2-4-16(17)24-18/h2-9,15H,10-11H2,1H3,(H,23,26). The summed E-state index contributed by atoms with van der Waals surface area (Å²) in [5.74, 6) is -0.792. The predicted molar refractivity (Wildman–Crippen MR) is 103 cm³/mol. The number of fused-ring (bicyclic) bond motifs is 1. The van der Waals surface area contributed by atoms with Gasteiger partial charge in [0.2, 0.25) is 5.91 Å². The van der Waals surface area contributed by atoms with E-state index in [2.05, 4.69) is 15.3 Å². The van der Waals surface area contributed by atoms with Crippen LogP contribution in [-0.4, -0.2) is 29.5 Å². The Morgan fingerprint density at radius 1 is 1.19 bits per heavy atom. The highest BCUT2D eigenvalue weighted by atomic mass is 35.5. The number of nitrogens with zero attached hydrogens (tertiary/aromatic N) is 3. The monoisotopic (exact) mass is 380 g/mol. The van der Waals surface area contributed by atoms with E-state index in [0.29, 0.717) is 24.0 Å². The molecule has 1 aromatic heterocycles. The molecule has 0 aliphatic rings. The molecule has 2 aromatic carbocycles. The number of hydrogen-bond acceptors (Lipinski definition) is 5. The third kappa shape index (κ3) is 4.33. The zero-order chi connectivity index (χ0) is 19.2. The highest BCUT2D eigenvalue weighted by Gasteiger charge is 2.25. The van der Waals surface area contributed by atoms with Crippen LogP contribution in [0.2, 0.25) is 5.15 Å². The summed E-state index contributed by atoms with van der Waals surface area (Å²) >= 11 is 6.16. The highest BCUT2D eigenvalue weighted by molar-refractivity contribution is 6.30. The Morgan fingerprint density at radius 3 is 2.48 bits per heavy atom. The fourth-order valence-electron chi connectivity index (χ4n) is 2.64. The Bertz CT molecular complexity index is 999. The van der Waals surface area contributed by atoms with Crippen LogP contribution < -0.4 is 10.1 Å². The average Bonchev–Trinajstić information content (AvgIpc) is 2.69. The maximum Gasteiger partial charge on any atom is 0.243 e. The Kier molecular flexibility index (Phi) is 5.84. The summed E-state index contributed by atoms with van der Waals surface area (Å²) < 4.78 is 5.12. The molecule has 1 amide bonds. The predicted octanol–water partition coefficient (Wildman–Crippen LogP) is 3.26. The van der Waals surface area contributed by atoms with Crippen LogP contribution in [0.4, 0.5) is 0 Å². The second kappa shape index (κ2) is 8.47. The van der Waals surface area contributed by atoms with Crippen molar-refractivity contribution in [2.45, 2.75) is 12.3 Å². The number of methoxy groups -OCH3 is 1. The number of carbonyl (C=O) groups excluding carboxylic acids is 1. The molecular formula is C20H17ClN4O2. The number of carbonyl (C=O) groups is 1. The Balaban J connectivity index is 1.69. The minimum Gasteiger partial charge on any atom is -0.497 e. The van der Waals surface area contributed by atoms with Gasteiger partial charge in [0.05, 0.1) is 24.2 Å². The number of halogens is 1. The van der Waals surface area contributed by atoms with Crippen molar-refractivity contribution < 1.29 is 9.53 Å². The van der Waals surface area contributed by atoms with Crippen LogP contribution in [0, 0.1) is 11.3 Å². The van der Waals surface area contributed by atoms with Gasteiger partial charge in [-0.3, -0.25) is 4.79 Å². The third-order valence-corrected chi connectivity index (χ3v) is 4.37. The molecule has 0 radical (unpaired) electrons. The van der Waals surface area contributed by atoms with Gasteiger partial charge < -0.3 is 10.1 Å². The lowest BCUT2D eigenvalue weighted by atomic mass is 10.1. The quantitative estimate of drug-likeness (QED) is 0.709. The smallest absolute Gasteiger partial charge is 0.243 e. The number of benzene rings is 2. The summed E-state index contributed by atoms with van der Waals surface area (Å²) in [5.41, 5.74) is 2.42. The van der Waals surface area contributed by atoms with E-state index >= 15 is 0 Å². The van der Waals surface area contributed by atoms with Gasteiger partial charge in [0.15, 0.2) is 11.1 Å². The summed E-state index contributed by atoms with van der Waals surface area (Å²) in [7, 11) is 1.61. The fraction of sp³-hybridized carbons (Fsp3) is 0.200. The molecule has 3 rings (SSSR count). The maximum absolute atomic E-state index is 12.5. The van der Waals surface area contributed by atoms with E-state index in [1.165, 1.54) is 0 Å². The number of para-hydroxylation sites is 2. The van der Waals surface area contributed by atoms with Gasteiger partial charge in [-0.1, -0.05) is 35.9 Å². The number of amides is 1. The Morgan fingerprint density at radius 2 is 1.85 bits per heavy atom. The SMILES string of the molecule is COc1ccc(CCNC(=O)C(C#N)c2nc3ccccc3nc2Cl)cc1. The van der Waals surface area contributed by atoms with Gasteiger partial charge in [-0.05, 0) is 36.2 Å². The zero-order valence-corrected chi connectivity index (χ0v) is 15.4. The van der Waals surface area contributed by atoms with Crippen LogP contribution in [0.5, 0.6) is 5.75 Å². The lowest BCUT2D eigenvalue weighted by Crippen LogP contribution is -2.31. The van der Waals surface area contributed by atoms with Crippen molar-refractivity contribution >= 4 is 28.5 Å². The lowest BCUT2D eigenvalue weighted by Gasteiger charge is -2.12. The molecule has 0 aliphatic carbocycles. The van der Waals surface area contributed by atoms with Crippen molar-refractivity contribution in [1.29, 1.82) is 5.26 Å². The Labute approximate surface area is 161 Å². The molecule has 0 spiro atoms. The first kappa shape index (κ1) is 18.6. The normalized spacial score (nSPS) is 11.6. The maximum atomic E-state index is 12.5. The molecule has 6 nitrogen and oxygen atoms in total. The number of hydrogen-bond donors (Lipinski definition) is 1. The number of aromatic nitrogens is 2. The van der Waals surface area contributed by atoms with Crippen LogP contribution in [0.1, 0.15) is 17.2 Å². The van der Waals surface area contributed by atoms with E-state index in [9.17, 15) is 10.1 Å². The molecule has 0 saturated heterocycles. The van der Waals surface area contributed by atoms with E-state index in [-0.39, 0.29) is 10.8 Å². The van der Waals surface area contributed by atoms with Crippen molar-refractivity contribution in [3.8, 4) is 11.8 Å². The van der Waals surface area contributed by atoms with Crippen molar-refractivity contribution in [1.82, 2.24) is 15.3 Å². The molecule has 1 heterocycles. The van der Waals surface area contributed by atoms with Crippen LogP contribution in [-0.2, 0) is 11.2 Å². The van der Waals surface area contributed by atoms with Gasteiger partial charge in [-0.2, -0.15) is 5.26 Å². The van der Waals surface area contributed by atoms with Gasteiger partial charge in [-0.15, -0.1) is 0 Å². The third-order valence-electron chi connectivity index (χ3n) is 4.09. The van der Waals surface area contributed by atoms with Crippen LogP contribution in [0.3, 0.4) is 0 Å². The molecule has 136 valence electrons. The van der Waals surface area contributed by atoms with Gasteiger partial charge in [0, 0.05) is 6.54 Å². The first-order valence-electron chi connectivity index (χ1n) is 8.35. The summed E-state index contributed by atoms with van der Waals surface area (Å²) in [6.07, 6.45) is 0.630. The van der Waals surface area contributed by atoms with Crippen molar-refractivity contribution in [3.63, 3.8) is 0 Å². The molecule has 0 bridgehead atoms. The van der Waals surface area contributed by atoms with E-state index in [0.717, 1.165) is 11.3 Å². The molecule has 0 saturated carbocycles. The second-order valence-electron chi connectivity index (χ2n) is 5.84. The molecule has 0 fully saturated rings. The molecule has 0 aliphatic heterocycles. The van der Waals surface area contributed by atoms with E-state index in [4.69, 9.17) is 16.3 Å². The largest absolute Gasteiger partial charge is 0.497 e. The molecule has 1 N–H and O–H groups in total. The fourth-order valence-corrected chi connectivity index (χ4v) is 2.89. The van der Waals surface area contributed by atoms with Crippen LogP contribution >= 0.6 is 11.6 Å². The van der Waals surface area contributed by atoms with Crippen molar-refractivity contribution in [2.24, 2.45) is 0 Å². The van der Waals surface area contributed by atoms with Gasteiger partial charge >= 0.3 is 0 Å². The van der Waals surface area contributed by atoms with E-state index in [1.54, 1.807) is 19.2 Å². The number of nitriles is 1. The molecular weight excluding hydrogens is 364 g/mol. The molecule has 1 atom stereocenters. The van der Waals surface area contributed by atoms with Gasteiger partial charge in [-0.25, -0.2) is 9.97 Å². The number of rotatable bonds is 6. The van der Waals surface area contributed by atoms with Gasteiger partial charge in [0.1, 0.15) is 11.4 Å². The summed E-state index contributed by atoms with van der Waals surface area (Å²) in [5, 5.41) is 12.3. The van der Waals surface area contributed by atoms with Gasteiger partial charge in [0.25, 0.3) is 0 Å². The first-order chi connectivity index (χ1) is 13.1. The topological polar surface area (TPSA) is 87.9 Å². The number of nitrogens with one attached hydrogen (secondary N) is 1. The lowest BCUT2D eigenvalue weighted by molar-refractivity contribution is -0.121. The molecule has 7 heteroatoms. The molecule has 3 aromatic rings. The number of ether oxygens (including phenoxy) is 1. The van der Waals surface area contributed by atoms with Crippen molar-refractivity contribution in [2.75, 3.05) is 13.7 Å². The minimum atomic E-state index is -1.12. The summed E-state index contributed by atoms with van der Waals surface area (Å²) in [6, 6.07) is 16.7. The molecule has 1 unspecified atom stereocenters. The van der Waals surface area contributed by atoms with Crippen molar-refractivity contribution in [3.05, 3.63) is 64.9 Å². The Hall–Kier alpha value is -3.17. The van der Waals surface area contributed by atoms with E-state index < -0.39 is 11.8 Å². The minimum absolute atomic E-state index is 0.0607. The van der Waals surface area contributed by atoms with Crippen LogP contribution in [0.15, 0.2) is 48.5 Å². The average molecular weight is 381 g/mol. The molecule has 27 heavy (non-hydrogen) atoms. The zero-order valence-electron chi connectivity index (χ0n) is 14.6. The van der Waals surface area contributed by atoms with E-state index in [1.807, 2.05) is 42.5 Å².